The van der Waals surface area contributed by atoms with Crippen molar-refractivity contribution in [3.63, 3.8) is 0 Å². The molecule has 11 heteroatoms. The molecule has 0 aliphatic rings. The lowest BCUT2D eigenvalue weighted by atomic mass is 10.2. The Morgan fingerprint density at radius 1 is 1.19 bits per heavy atom. The van der Waals surface area contributed by atoms with Crippen molar-refractivity contribution < 1.29 is 22.3 Å². The third-order valence-electron chi connectivity index (χ3n) is 3.17. The number of rotatable bonds is 6. The summed E-state index contributed by atoms with van der Waals surface area (Å²) in [4.78, 5) is 22.5. The number of carbonyl (C=O) groups excluding carboxylic acids is 1. The van der Waals surface area contributed by atoms with Crippen molar-refractivity contribution >= 4 is 39.2 Å². The monoisotopic (exact) mass is 399 g/mol. The molecule has 1 amide bonds. The van der Waals surface area contributed by atoms with Crippen LogP contribution < -0.4 is 9.50 Å². The highest BCUT2D eigenvalue weighted by molar-refractivity contribution is 7.84. The van der Waals surface area contributed by atoms with Gasteiger partial charge in [0.15, 0.2) is 5.75 Å². The van der Waals surface area contributed by atoms with Gasteiger partial charge in [0.25, 0.3) is 11.6 Å². The number of nitrogens with zero attached hydrogens (tertiary/aromatic N) is 2. The Morgan fingerprint density at radius 2 is 1.81 bits per heavy atom. The molecule has 0 heterocycles. The summed E-state index contributed by atoms with van der Waals surface area (Å²) >= 11 is 5.85. The minimum absolute atomic E-state index is 0.0711. The van der Waals surface area contributed by atoms with E-state index in [2.05, 4.69) is 5.32 Å². The van der Waals surface area contributed by atoms with Gasteiger partial charge in [-0.3, -0.25) is 14.9 Å². The van der Waals surface area contributed by atoms with Crippen molar-refractivity contribution in [3.05, 3.63) is 63.2 Å². The van der Waals surface area contributed by atoms with Crippen LogP contribution in [0, 0.1) is 10.1 Å². The lowest BCUT2D eigenvalue weighted by Crippen LogP contribution is -2.28. The Bertz CT molecular complexity index is 944. The van der Waals surface area contributed by atoms with Crippen LogP contribution in [0.25, 0.3) is 0 Å². The average Bonchev–Trinajstić information content (AvgIpc) is 2.54. The summed E-state index contributed by atoms with van der Waals surface area (Å²) in [7, 11) is -1.54. The topological polar surface area (TPSA) is 119 Å². The van der Waals surface area contributed by atoms with E-state index in [0.29, 0.717) is 0 Å². The molecule has 0 fully saturated rings. The maximum absolute atomic E-state index is 12.4. The number of nitro groups is 1. The van der Waals surface area contributed by atoms with Crippen LogP contribution in [-0.2, 0) is 10.3 Å². The first-order chi connectivity index (χ1) is 12.1. The fraction of sp³-hybridized carbons (Fsp3) is 0.133. The quantitative estimate of drug-likeness (QED) is 0.589. The number of benzene rings is 2. The predicted octanol–water partition coefficient (Wildman–Crippen LogP) is 2.69. The Labute approximate surface area is 154 Å². The van der Waals surface area contributed by atoms with Crippen LogP contribution in [0.1, 0.15) is 10.4 Å². The molecule has 0 unspecified atom stereocenters. The molecule has 2 aromatic carbocycles. The van der Waals surface area contributed by atoms with Gasteiger partial charge < -0.3 is 9.50 Å². The Hall–Kier alpha value is -2.69. The molecule has 0 saturated heterocycles. The number of amides is 1. The summed E-state index contributed by atoms with van der Waals surface area (Å²) in [6, 6.07) is 9.07. The Morgan fingerprint density at radius 3 is 2.35 bits per heavy atom. The molecule has 0 radical (unpaired) electrons. The lowest BCUT2D eigenvalue weighted by Gasteiger charge is -2.15. The molecule has 138 valence electrons. The third kappa shape index (κ3) is 4.69. The average molecular weight is 400 g/mol. The van der Waals surface area contributed by atoms with Crippen LogP contribution in [0.2, 0.25) is 5.02 Å². The van der Waals surface area contributed by atoms with E-state index < -0.39 is 21.1 Å². The van der Waals surface area contributed by atoms with Crippen LogP contribution in [0.4, 0.5) is 11.4 Å². The first kappa shape index (κ1) is 19.6. The minimum Gasteiger partial charge on any atom is -0.370 e. The Balaban J connectivity index is 2.29. The molecule has 0 aromatic heterocycles. The zero-order chi connectivity index (χ0) is 19.5. The van der Waals surface area contributed by atoms with Gasteiger partial charge >= 0.3 is 10.3 Å². The van der Waals surface area contributed by atoms with Crippen molar-refractivity contribution in [1.29, 1.82) is 0 Å². The van der Waals surface area contributed by atoms with Gasteiger partial charge in [-0.05, 0) is 24.3 Å². The van der Waals surface area contributed by atoms with Gasteiger partial charge in [0.05, 0.1) is 10.5 Å². The van der Waals surface area contributed by atoms with E-state index >= 15 is 0 Å². The fourth-order valence-corrected chi connectivity index (χ4v) is 2.48. The molecule has 0 saturated carbocycles. The van der Waals surface area contributed by atoms with Crippen molar-refractivity contribution in [3.8, 4) is 5.75 Å². The number of carbonyl (C=O) groups is 1. The first-order valence-corrected chi connectivity index (χ1v) is 8.82. The van der Waals surface area contributed by atoms with Crippen molar-refractivity contribution in [2.75, 3.05) is 19.4 Å². The number of hydrogen-bond acceptors (Lipinski definition) is 6. The van der Waals surface area contributed by atoms with E-state index in [4.69, 9.17) is 15.8 Å². The zero-order valence-corrected chi connectivity index (χ0v) is 15.2. The van der Waals surface area contributed by atoms with Crippen molar-refractivity contribution in [1.82, 2.24) is 4.31 Å². The molecular weight excluding hydrogens is 386 g/mol. The summed E-state index contributed by atoms with van der Waals surface area (Å²) < 4.78 is 29.6. The van der Waals surface area contributed by atoms with Gasteiger partial charge in [0.2, 0.25) is 0 Å². The largest absolute Gasteiger partial charge is 0.384 e. The molecule has 0 spiro atoms. The van der Waals surface area contributed by atoms with Gasteiger partial charge in [-0.1, -0.05) is 11.6 Å². The zero-order valence-electron chi connectivity index (χ0n) is 13.7. The molecular formula is C15H14ClN3O6S. The highest BCUT2D eigenvalue weighted by Gasteiger charge is 2.21. The number of halogens is 1. The molecule has 0 aliphatic heterocycles. The molecule has 1 N–H and O–H groups in total. The molecule has 9 nitrogen and oxygen atoms in total. The SMILES string of the molecule is CN(C)S(=O)(=O)Oc1cc(Cl)ccc1C(=O)Nc1ccc([N+](=O)[O-])cc1. The smallest absolute Gasteiger partial charge is 0.370 e. The van der Waals surface area contributed by atoms with E-state index in [1.54, 1.807) is 0 Å². The van der Waals surface area contributed by atoms with E-state index in [-0.39, 0.29) is 27.7 Å². The number of hydrogen-bond donors (Lipinski definition) is 1. The predicted molar refractivity (Wildman–Crippen MR) is 95.7 cm³/mol. The summed E-state index contributed by atoms with van der Waals surface area (Å²) in [5.41, 5.74) is 0.0886. The van der Waals surface area contributed by atoms with Crippen molar-refractivity contribution in [2.24, 2.45) is 0 Å². The highest BCUT2D eigenvalue weighted by atomic mass is 35.5. The van der Waals surface area contributed by atoms with Gasteiger partial charge in [0, 0.05) is 43.0 Å². The minimum atomic E-state index is -4.09. The van der Waals surface area contributed by atoms with Crippen LogP contribution in [-0.4, -0.2) is 37.6 Å². The third-order valence-corrected chi connectivity index (χ3v) is 4.69. The summed E-state index contributed by atoms with van der Waals surface area (Å²) in [5, 5.41) is 13.3. The first-order valence-electron chi connectivity index (χ1n) is 7.07. The highest BCUT2D eigenvalue weighted by Crippen LogP contribution is 2.26. The van der Waals surface area contributed by atoms with E-state index in [1.807, 2.05) is 0 Å². The van der Waals surface area contributed by atoms with Gasteiger partial charge in [-0.25, -0.2) is 0 Å². The van der Waals surface area contributed by atoms with E-state index in [1.165, 1.54) is 56.6 Å². The standard InChI is InChI=1S/C15H14ClN3O6S/c1-18(2)26(23,24)25-14-9-10(16)3-8-13(14)15(20)17-11-4-6-12(7-5-11)19(21)22/h3-9H,1-2H3,(H,17,20). The van der Waals surface area contributed by atoms with E-state index in [0.717, 1.165) is 4.31 Å². The van der Waals surface area contributed by atoms with Crippen LogP contribution in [0.3, 0.4) is 0 Å². The molecule has 0 atom stereocenters. The fourth-order valence-electron chi connectivity index (χ4n) is 1.81. The molecule has 2 rings (SSSR count). The van der Waals surface area contributed by atoms with Crippen molar-refractivity contribution in [2.45, 2.75) is 0 Å². The van der Waals surface area contributed by atoms with Gasteiger partial charge in [0.1, 0.15) is 0 Å². The summed E-state index contributed by atoms with van der Waals surface area (Å²) in [6.07, 6.45) is 0. The second-order valence-electron chi connectivity index (χ2n) is 5.22. The molecule has 0 aliphatic carbocycles. The maximum atomic E-state index is 12.4. The second kappa shape index (κ2) is 7.68. The van der Waals surface area contributed by atoms with Gasteiger partial charge in [-0.15, -0.1) is 0 Å². The second-order valence-corrected chi connectivity index (χ2v) is 7.41. The van der Waals surface area contributed by atoms with Crippen LogP contribution >= 0.6 is 11.6 Å². The van der Waals surface area contributed by atoms with E-state index in [9.17, 15) is 23.3 Å². The number of non-ortho nitro benzene ring substituents is 1. The summed E-state index contributed by atoms with van der Waals surface area (Å²) in [6.45, 7) is 0. The summed E-state index contributed by atoms with van der Waals surface area (Å²) in [5.74, 6) is -0.912. The molecule has 26 heavy (non-hydrogen) atoms. The number of nitro benzene ring substituents is 1. The maximum Gasteiger partial charge on any atom is 0.384 e. The lowest BCUT2D eigenvalue weighted by molar-refractivity contribution is -0.384. The van der Waals surface area contributed by atoms with Gasteiger partial charge in [-0.2, -0.15) is 12.7 Å². The molecule has 0 bridgehead atoms. The number of anilines is 1. The molecule has 2 aromatic rings. The Kier molecular flexibility index (Phi) is 5.80. The number of nitrogens with one attached hydrogen (secondary N) is 1. The normalized spacial score (nSPS) is 11.2. The van der Waals surface area contributed by atoms with Crippen LogP contribution in [0.5, 0.6) is 5.75 Å². The van der Waals surface area contributed by atoms with Crippen LogP contribution in [0.15, 0.2) is 42.5 Å².